The molecule has 2 aromatic heterocycles. The lowest BCUT2D eigenvalue weighted by Gasteiger charge is -2.08. The highest BCUT2D eigenvalue weighted by molar-refractivity contribution is 6.02. The standard InChI is InChI=1S/C22H20FN3O5/c1-12-20(22(29)30-3)17(26-21(12)13(2)27)10-18(28)25-15-6-9-19(24-11-15)31-16-7-4-14(23)5-8-16/h4-9,11,26H,10H2,1-3H3,(H,25,28). The number of hydrogen-bond donors (Lipinski definition) is 2. The average molecular weight is 425 g/mol. The normalized spacial score (nSPS) is 10.5. The van der Waals surface area contributed by atoms with Gasteiger partial charge in [0.2, 0.25) is 11.8 Å². The Hall–Kier alpha value is -4.01. The van der Waals surface area contributed by atoms with Gasteiger partial charge >= 0.3 is 5.97 Å². The first-order valence-electron chi connectivity index (χ1n) is 9.28. The van der Waals surface area contributed by atoms with Crippen LogP contribution >= 0.6 is 0 Å². The van der Waals surface area contributed by atoms with Gasteiger partial charge in [-0.15, -0.1) is 0 Å². The molecule has 2 heterocycles. The van der Waals surface area contributed by atoms with Gasteiger partial charge < -0.3 is 19.8 Å². The highest BCUT2D eigenvalue weighted by atomic mass is 19.1. The Morgan fingerprint density at radius 3 is 2.42 bits per heavy atom. The minimum Gasteiger partial charge on any atom is -0.465 e. The van der Waals surface area contributed by atoms with E-state index in [2.05, 4.69) is 15.3 Å². The first-order valence-corrected chi connectivity index (χ1v) is 9.28. The number of methoxy groups -OCH3 is 1. The van der Waals surface area contributed by atoms with E-state index < -0.39 is 11.9 Å². The smallest absolute Gasteiger partial charge is 0.339 e. The van der Waals surface area contributed by atoms with E-state index in [1.165, 1.54) is 44.5 Å². The van der Waals surface area contributed by atoms with Gasteiger partial charge in [0.25, 0.3) is 0 Å². The van der Waals surface area contributed by atoms with E-state index >= 15 is 0 Å². The van der Waals surface area contributed by atoms with Crippen LogP contribution in [0.4, 0.5) is 10.1 Å². The van der Waals surface area contributed by atoms with Gasteiger partial charge in [-0.1, -0.05) is 0 Å². The number of esters is 1. The molecule has 8 nitrogen and oxygen atoms in total. The van der Waals surface area contributed by atoms with Crippen LogP contribution in [0.15, 0.2) is 42.6 Å². The number of ether oxygens (including phenoxy) is 2. The minimum absolute atomic E-state index is 0.170. The van der Waals surface area contributed by atoms with Crippen molar-refractivity contribution in [3.8, 4) is 11.6 Å². The van der Waals surface area contributed by atoms with Crippen LogP contribution < -0.4 is 10.1 Å². The summed E-state index contributed by atoms with van der Waals surface area (Å²) >= 11 is 0. The number of carbonyl (C=O) groups excluding carboxylic acids is 3. The van der Waals surface area contributed by atoms with Gasteiger partial charge in [-0.25, -0.2) is 14.2 Å². The van der Waals surface area contributed by atoms with Crippen molar-refractivity contribution < 1.29 is 28.2 Å². The van der Waals surface area contributed by atoms with Gasteiger partial charge in [0, 0.05) is 18.7 Å². The number of amides is 1. The Morgan fingerprint density at radius 2 is 1.84 bits per heavy atom. The van der Waals surface area contributed by atoms with Crippen molar-refractivity contribution in [1.29, 1.82) is 0 Å². The molecule has 31 heavy (non-hydrogen) atoms. The zero-order chi connectivity index (χ0) is 22.5. The van der Waals surface area contributed by atoms with E-state index in [1.807, 2.05) is 0 Å². The van der Waals surface area contributed by atoms with Crippen LogP contribution in [-0.4, -0.2) is 34.7 Å². The molecule has 0 saturated carbocycles. The second-order valence-corrected chi connectivity index (χ2v) is 6.69. The van der Waals surface area contributed by atoms with E-state index in [4.69, 9.17) is 9.47 Å². The third-order valence-electron chi connectivity index (χ3n) is 4.46. The van der Waals surface area contributed by atoms with Crippen molar-refractivity contribution in [2.24, 2.45) is 0 Å². The fourth-order valence-electron chi connectivity index (χ4n) is 3.03. The fraction of sp³-hybridized carbons (Fsp3) is 0.182. The van der Waals surface area contributed by atoms with Crippen molar-refractivity contribution in [2.45, 2.75) is 20.3 Å². The SMILES string of the molecule is COC(=O)c1c(CC(=O)Nc2ccc(Oc3ccc(F)cc3)nc2)[nH]c(C(C)=O)c1C. The van der Waals surface area contributed by atoms with Gasteiger partial charge in [-0.2, -0.15) is 0 Å². The molecule has 0 aliphatic heterocycles. The lowest BCUT2D eigenvalue weighted by molar-refractivity contribution is -0.115. The summed E-state index contributed by atoms with van der Waals surface area (Å²) in [5.74, 6) is -0.992. The molecule has 0 aliphatic carbocycles. The molecule has 1 aromatic carbocycles. The van der Waals surface area contributed by atoms with Crippen molar-refractivity contribution in [3.05, 3.63) is 70.9 Å². The summed E-state index contributed by atoms with van der Waals surface area (Å²) in [4.78, 5) is 43.3. The largest absolute Gasteiger partial charge is 0.465 e. The third kappa shape index (κ3) is 5.13. The quantitative estimate of drug-likeness (QED) is 0.440. The molecule has 0 aliphatic rings. The third-order valence-corrected chi connectivity index (χ3v) is 4.46. The zero-order valence-corrected chi connectivity index (χ0v) is 17.1. The molecule has 3 rings (SSSR count). The number of Topliss-reactive ketones (excluding diaryl/α,β-unsaturated/α-hetero) is 1. The topological polar surface area (TPSA) is 110 Å². The van der Waals surface area contributed by atoms with E-state index in [0.29, 0.717) is 17.0 Å². The van der Waals surface area contributed by atoms with Crippen molar-refractivity contribution in [1.82, 2.24) is 9.97 Å². The van der Waals surface area contributed by atoms with E-state index in [0.717, 1.165) is 0 Å². The van der Waals surface area contributed by atoms with Crippen LogP contribution in [0.3, 0.4) is 0 Å². The highest BCUT2D eigenvalue weighted by Crippen LogP contribution is 2.22. The summed E-state index contributed by atoms with van der Waals surface area (Å²) in [5.41, 5.74) is 1.56. The number of aromatic amines is 1. The number of nitrogens with one attached hydrogen (secondary N) is 2. The molecule has 1 amide bonds. The summed E-state index contributed by atoms with van der Waals surface area (Å²) in [5, 5.41) is 2.67. The molecule has 0 spiro atoms. The van der Waals surface area contributed by atoms with Crippen LogP contribution in [0.2, 0.25) is 0 Å². The zero-order valence-electron chi connectivity index (χ0n) is 17.1. The Bertz CT molecular complexity index is 1120. The monoisotopic (exact) mass is 425 g/mol. The number of H-pyrrole nitrogens is 1. The van der Waals surface area contributed by atoms with Crippen LogP contribution in [0, 0.1) is 12.7 Å². The molecular formula is C22H20FN3O5. The van der Waals surface area contributed by atoms with E-state index in [-0.39, 0.29) is 40.9 Å². The molecule has 0 radical (unpaired) electrons. The maximum atomic E-state index is 13.0. The summed E-state index contributed by atoms with van der Waals surface area (Å²) in [6.07, 6.45) is 1.23. The molecule has 0 bridgehead atoms. The molecule has 2 N–H and O–H groups in total. The minimum atomic E-state index is -0.631. The van der Waals surface area contributed by atoms with Gasteiger partial charge in [0.05, 0.1) is 36.7 Å². The Kier molecular flexibility index (Phi) is 6.44. The molecule has 0 atom stereocenters. The van der Waals surface area contributed by atoms with Crippen LogP contribution in [-0.2, 0) is 16.0 Å². The van der Waals surface area contributed by atoms with Gasteiger partial charge in [0.1, 0.15) is 11.6 Å². The van der Waals surface area contributed by atoms with Crippen molar-refractivity contribution in [2.75, 3.05) is 12.4 Å². The molecule has 0 fully saturated rings. The molecule has 3 aromatic rings. The summed E-state index contributed by atoms with van der Waals surface area (Å²) < 4.78 is 23.2. The molecule has 160 valence electrons. The van der Waals surface area contributed by atoms with Crippen molar-refractivity contribution >= 4 is 23.3 Å². The number of aromatic nitrogens is 2. The molecular weight excluding hydrogens is 405 g/mol. The summed E-state index contributed by atoms with van der Waals surface area (Å²) in [7, 11) is 1.23. The van der Waals surface area contributed by atoms with Crippen LogP contribution in [0.1, 0.15) is 39.0 Å². The van der Waals surface area contributed by atoms with Crippen molar-refractivity contribution in [3.63, 3.8) is 0 Å². The highest BCUT2D eigenvalue weighted by Gasteiger charge is 2.24. The number of benzene rings is 1. The van der Waals surface area contributed by atoms with Gasteiger partial charge in [-0.3, -0.25) is 9.59 Å². The number of halogens is 1. The number of nitrogens with zero attached hydrogens (tertiary/aromatic N) is 1. The number of carbonyl (C=O) groups is 3. The number of anilines is 1. The predicted molar refractivity (Wildman–Crippen MR) is 110 cm³/mol. The number of ketones is 1. The van der Waals surface area contributed by atoms with Gasteiger partial charge in [0.15, 0.2) is 5.78 Å². The Morgan fingerprint density at radius 1 is 1.13 bits per heavy atom. The van der Waals surface area contributed by atoms with E-state index in [1.54, 1.807) is 19.1 Å². The molecule has 0 saturated heterocycles. The first-order chi connectivity index (χ1) is 14.8. The number of rotatable bonds is 7. The van der Waals surface area contributed by atoms with Gasteiger partial charge in [-0.05, 0) is 42.8 Å². The van der Waals surface area contributed by atoms with Crippen LogP contribution in [0.25, 0.3) is 0 Å². The van der Waals surface area contributed by atoms with Crippen LogP contribution in [0.5, 0.6) is 11.6 Å². The fourth-order valence-corrected chi connectivity index (χ4v) is 3.03. The number of hydrogen-bond acceptors (Lipinski definition) is 6. The average Bonchev–Trinajstić information content (AvgIpc) is 3.06. The van der Waals surface area contributed by atoms with E-state index in [9.17, 15) is 18.8 Å². The lowest BCUT2D eigenvalue weighted by Crippen LogP contribution is -2.17. The number of pyridine rings is 1. The Labute approximate surface area is 177 Å². The predicted octanol–water partition coefficient (Wildman–Crippen LogP) is 3.82. The maximum Gasteiger partial charge on any atom is 0.339 e. The maximum absolute atomic E-state index is 13.0. The first kappa shape index (κ1) is 21.7. The lowest BCUT2D eigenvalue weighted by atomic mass is 10.1. The Balaban J connectivity index is 1.69. The summed E-state index contributed by atoms with van der Waals surface area (Å²) in [6, 6.07) is 8.62. The molecule has 9 heteroatoms. The summed E-state index contributed by atoms with van der Waals surface area (Å²) in [6.45, 7) is 2.98. The molecule has 0 unspecified atom stereocenters. The second-order valence-electron chi connectivity index (χ2n) is 6.69. The second kappa shape index (κ2) is 9.21.